The molecule has 2 aromatic rings. The van der Waals surface area contributed by atoms with Crippen molar-refractivity contribution in [2.45, 2.75) is 44.7 Å². The number of carbonyl (C=O) groups excluding carboxylic acids is 1. The lowest BCUT2D eigenvalue weighted by Gasteiger charge is -2.45. The van der Waals surface area contributed by atoms with E-state index in [1.807, 2.05) is 48.5 Å². The van der Waals surface area contributed by atoms with Gasteiger partial charge in [-0.3, -0.25) is 9.69 Å². The molecule has 0 spiro atoms. The summed E-state index contributed by atoms with van der Waals surface area (Å²) < 4.78 is 5.49. The standard InChI is InChI=1S/C22H31ClN2O2.C6H5Cl/c1-3-5-18-8-11-21(17-6-9-19(23)10-7-17)25(22(18)26)20(4-2)16-24-12-14-27-15-13-24;7-6-4-2-1-3-5-6/h3,6-7,9-10,18,20-21H,1,4-5,8,11-16H2,2H3;1-5H. The molecule has 0 saturated carbocycles. The number of morpholine rings is 1. The molecule has 2 heterocycles. The number of amides is 1. The van der Waals surface area contributed by atoms with Crippen LogP contribution in [0.15, 0.2) is 67.3 Å². The number of carbonyl (C=O) groups is 1. The summed E-state index contributed by atoms with van der Waals surface area (Å²) in [6.45, 7) is 10.4. The Morgan fingerprint density at radius 1 is 1.03 bits per heavy atom. The number of likely N-dealkylation sites (tertiary alicyclic amines) is 1. The van der Waals surface area contributed by atoms with Crippen molar-refractivity contribution < 1.29 is 9.53 Å². The van der Waals surface area contributed by atoms with Crippen LogP contribution in [-0.4, -0.2) is 54.6 Å². The molecule has 34 heavy (non-hydrogen) atoms. The fourth-order valence-corrected chi connectivity index (χ4v) is 5.03. The normalized spacial score (nSPS) is 22.0. The van der Waals surface area contributed by atoms with Gasteiger partial charge in [0.15, 0.2) is 0 Å². The van der Waals surface area contributed by atoms with Gasteiger partial charge in [-0.1, -0.05) is 66.5 Å². The molecular weight excluding hydrogens is 467 g/mol. The molecule has 4 nitrogen and oxygen atoms in total. The van der Waals surface area contributed by atoms with Gasteiger partial charge in [0.2, 0.25) is 5.91 Å². The van der Waals surface area contributed by atoms with E-state index in [2.05, 4.69) is 35.4 Å². The minimum Gasteiger partial charge on any atom is -0.379 e. The number of hydrogen-bond acceptors (Lipinski definition) is 3. The Labute approximate surface area is 214 Å². The summed E-state index contributed by atoms with van der Waals surface area (Å²) in [4.78, 5) is 18.0. The van der Waals surface area contributed by atoms with E-state index in [9.17, 15) is 4.79 Å². The molecule has 0 aliphatic carbocycles. The molecule has 3 atom stereocenters. The quantitative estimate of drug-likeness (QED) is 0.397. The minimum atomic E-state index is 0.0600. The van der Waals surface area contributed by atoms with Gasteiger partial charge in [0, 0.05) is 41.6 Å². The lowest BCUT2D eigenvalue weighted by molar-refractivity contribution is -0.146. The molecule has 2 aromatic carbocycles. The van der Waals surface area contributed by atoms with Crippen molar-refractivity contribution in [2.24, 2.45) is 5.92 Å². The minimum absolute atomic E-state index is 0.0600. The molecule has 3 unspecified atom stereocenters. The van der Waals surface area contributed by atoms with Crippen molar-refractivity contribution in [1.82, 2.24) is 9.80 Å². The van der Waals surface area contributed by atoms with Gasteiger partial charge < -0.3 is 9.64 Å². The van der Waals surface area contributed by atoms with Crippen LogP contribution in [0.5, 0.6) is 0 Å². The van der Waals surface area contributed by atoms with Crippen molar-refractivity contribution in [3.05, 3.63) is 82.9 Å². The van der Waals surface area contributed by atoms with E-state index in [0.717, 1.165) is 68.6 Å². The molecule has 2 saturated heterocycles. The zero-order valence-electron chi connectivity index (χ0n) is 20.0. The van der Waals surface area contributed by atoms with E-state index in [0.29, 0.717) is 0 Å². The molecule has 2 aliphatic heterocycles. The van der Waals surface area contributed by atoms with Crippen LogP contribution in [0.4, 0.5) is 0 Å². The molecule has 6 heteroatoms. The predicted molar refractivity (Wildman–Crippen MR) is 141 cm³/mol. The van der Waals surface area contributed by atoms with Crippen LogP contribution >= 0.6 is 23.2 Å². The summed E-state index contributed by atoms with van der Waals surface area (Å²) in [5.74, 6) is 0.339. The average molecular weight is 504 g/mol. The van der Waals surface area contributed by atoms with Crippen molar-refractivity contribution in [1.29, 1.82) is 0 Å². The van der Waals surface area contributed by atoms with Crippen LogP contribution in [0.2, 0.25) is 10.0 Å². The second-order valence-electron chi connectivity index (χ2n) is 8.88. The van der Waals surface area contributed by atoms with E-state index < -0.39 is 0 Å². The zero-order chi connectivity index (χ0) is 24.3. The number of benzene rings is 2. The molecule has 0 radical (unpaired) electrons. The van der Waals surface area contributed by atoms with Gasteiger partial charge in [-0.2, -0.15) is 0 Å². The number of allylic oxidation sites excluding steroid dienone is 1. The summed E-state index contributed by atoms with van der Waals surface area (Å²) in [7, 11) is 0. The van der Waals surface area contributed by atoms with Gasteiger partial charge in [0.1, 0.15) is 0 Å². The van der Waals surface area contributed by atoms with Crippen LogP contribution in [0, 0.1) is 5.92 Å². The molecular formula is C28H36Cl2N2O2. The van der Waals surface area contributed by atoms with E-state index in [4.69, 9.17) is 27.9 Å². The van der Waals surface area contributed by atoms with Crippen LogP contribution in [0.3, 0.4) is 0 Å². The van der Waals surface area contributed by atoms with Crippen molar-refractivity contribution in [2.75, 3.05) is 32.8 Å². The molecule has 0 N–H and O–H groups in total. The first-order valence-electron chi connectivity index (χ1n) is 12.2. The SMILES string of the molecule is C=CCC1CCC(c2ccc(Cl)cc2)N(C(CC)CN2CCOCC2)C1=O.Clc1ccccc1. The Balaban J connectivity index is 0.000000396. The van der Waals surface area contributed by atoms with E-state index in [-0.39, 0.29) is 23.9 Å². The third-order valence-corrected chi connectivity index (χ3v) is 7.11. The Morgan fingerprint density at radius 2 is 1.68 bits per heavy atom. The molecule has 0 aromatic heterocycles. The van der Waals surface area contributed by atoms with Crippen LogP contribution in [0.25, 0.3) is 0 Å². The summed E-state index contributed by atoms with van der Waals surface area (Å²) in [6.07, 6.45) is 5.51. The van der Waals surface area contributed by atoms with Gasteiger partial charge >= 0.3 is 0 Å². The Bertz CT molecular complexity index is 885. The number of piperidine rings is 1. The smallest absolute Gasteiger partial charge is 0.226 e. The third kappa shape index (κ3) is 7.58. The topological polar surface area (TPSA) is 32.8 Å². The highest BCUT2D eigenvalue weighted by molar-refractivity contribution is 6.30. The second kappa shape index (κ2) is 13.9. The Morgan fingerprint density at radius 3 is 2.24 bits per heavy atom. The third-order valence-electron chi connectivity index (χ3n) is 6.60. The highest BCUT2D eigenvalue weighted by atomic mass is 35.5. The maximum atomic E-state index is 13.4. The fourth-order valence-electron chi connectivity index (χ4n) is 4.76. The Kier molecular flexibility index (Phi) is 10.9. The molecule has 1 amide bonds. The summed E-state index contributed by atoms with van der Waals surface area (Å²) >= 11 is 11.6. The first-order chi connectivity index (χ1) is 16.5. The van der Waals surface area contributed by atoms with Gasteiger partial charge in [0.05, 0.1) is 19.3 Å². The molecule has 4 rings (SSSR count). The zero-order valence-corrected chi connectivity index (χ0v) is 21.6. The highest BCUT2D eigenvalue weighted by Crippen LogP contribution is 2.38. The number of hydrogen-bond donors (Lipinski definition) is 0. The van der Waals surface area contributed by atoms with Crippen LogP contribution in [-0.2, 0) is 9.53 Å². The lowest BCUT2D eigenvalue weighted by atomic mass is 9.85. The molecule has 0 bridgehead atoms. The van der Waals surface area contributed by atoms with Crippen molar-refractivity contribution in [3.8, 4) is 0 Å². The van der Waals surface area contributed by atoms with Gasteiger partial charge in [-0.25, -0.2) is 0 Å². The number of nitrogens with zero attached hydrogens (tertiary/aromatic N) is 2. The van der Waals surface area contributed by atoms with Gasteiger partial charge in [-0.15, -0.1) is 6.58 Å². The molecule has 2 aliphatic rings. The first kappa shape index (κ1) is 26.7. The highest BCUT2D eigenvalue weighted by Gasteiger charge is 2.39. The summed E-state index contributed by atoms with van der Waals surface area (Å²) in [6, 6.07) is 17.8. The maximum absolute atomic E-state index is 13.4. The van der Waals surface area contributed by atoms with E-state index >= 15 is 0 Å². The van der Waals surface area contributed by atoms with Crippen LogP contribution < -0.4 is 0 Å². The fraction of sp³-hybridized carbons (Fsp3) is 0.464. The summed E-state index contributed by atoms with van der Waals surface area (Å²) in [5, 5.41) is 1.53. The largest absolute Gasteiger partial charge is 0.379 e. The monoisotopic (exact) mass is 502 g/mol. The second-order valence-corrected chi connectivity index (χ2v) is 9.75. The van der Waals surface area contributed by atoms with Crippen molar-refractivity contribution >= 4 is 29.1 Å². The first-order valence-corrected chi connectivity index (χ1v) is 13.0. The number of ether oxygens (including phenoxy) is 1. The van der Waals surface area contributed by atoms with E-state index in [1.165, 1.54) is 5.56 Å². The van der Waals surface area contributed by atoms with Gasteiger partial charge in [0.25, 0.3) is 0 Å². The van der Waals surface area contributed by atoms with Crippen LogP contribution in [0.1, 0.15) is 44.2 Å². The van der Waals surface area contributed by atoms with E-state index in [1.54, 1.807) is 0 Å². The number of halogens is 2. The summed E-state index contributed by atoms with van der Waals surface area (Å²) in [5.41, 5.74) is 1.19. The molecule has 184 valence electrons. The lowest BCUT2D eigenvalue weighted by Crippen LogP contribution is -2.53. The Hall–Kier alpha value is -1.85. The number of rotatable bonds is 7. The average Bonchev–Trinajstić information content (AvgIpc) is 2.86. The maximum Gasteiger partial charge on any atom is 0.226 e. The van der Waals surface area contributed by atoms with Crippen molar-refractivity contribution in [3.63, 3.8) is 0 Å². The predicted octanol–water partition coefficient (Wildman–Crippen LogP) is 6.65. The van der Waals surface area contributed by atoms with Gasteiger partial charge in [-0.05, 0) is 55.5 Å². The molecule has 2 fully saturated rings.